The van der Waals surface area contributed by atoms with Crippen molar-refractivity contribution in [3.63, 3.8) is 0 Å². The Labute approximate surface area is 161 Å². The monoisotopic (exact) mass is 391 g/mol. The van der Waals surface area contributed by atoms with Crippen LogP contribution in [0.25, 0.3) is 10.9 Å². The number of para-hydroxylation sites is 1. The molecule has 0 bridgehead atoms. The third-order valence-corrected chi connectivity index (χ3v) is 6.44. The third-order valence-electron chi connectivity index (χ3n) is 4.83. The first-order chi connectivity index (χ1) is 13.1. The molecule has 0 amide bonds. The minimum atomic E-state index is -2.82. The number of guanidine groups is 1. The summed E-state index contributed by atoms with van der Waals surface area (Å²) >= 11 is 0. The first-order valence-corrected chi connectivity index (χ1v) is 11.4. The topological polar surface area (TPSA) is 89.6 Å². The number of aromatic amines is 1. The van der Waals surface area contributed by atoms with Crippen molar-refractivity contribution in [2.24, 2.45) is 4.99 Å². The average Bonchev–Trinajstić information content (AvgIpc) is 3.06. The molecule has 27 heavy (non-hydrogen) atoms. The fourth-order valence-electron chi connectivity index (χ4n) is 3.27. The largest absolute Gasteiger partial charge is 0.361 e. The molecule has 2 aromatic rings. The van der Waals surface area contributed by atoms with Gasteiger partial charge >= 0.3 is 0 Å². The molecule has 0 unspecified atom stereocenters. The molecule has 1 aliphatic rings. The predicted molar refractivity (Wildman–Crippen MR) is 111 cm³/mol. The maximum absolute atomic E-state index is 11.5. The van der Waals surface area contributed by atoms with E-state index in [1.807, 2.05) is 13.0 Å². The van der Waals surface area contributed by atoms with Crippen LogP contribution in [0, 0.1) is 0 Å². The van der Waals surface area contributed by atoms with E-state index in [4.69, 9.17) is 0 Å². The molecule has 1 aliphatic heterocycles. The molecular formula is C19H29N5O2S. The van der Waals surface area contributed by atoms with E-state index in [1.165, 1.54) is 10.9 Å². The second-order valence-corrected chi connectivity index (χ2v) is 9.09. The highest BCUT2D eigenvalue weighted by molar-refractivity contribution is 7.91. The third kappa shape index (κ3) is 5.71. The Bertz CT molecular complexity index is 861. The van der Waals surface area contributed by atoms with Crippen molar-refractivity contribution in [3.05, 3.63) is 36.0 Å². The number of fused-ring (bicyclic) bond motifs is 1. The highest BCUT2D eigenvalue weighted by Crippen LogP contribution is 2.17. The molecule has 148 valence electrons. The molecule has 1 aromatic carbocycles. The van der Waals surface area contributed by atoms with Gasteiger partial charge in [0.05, 0.1) is 18.1 Å². The van der Waals surface area contributed by atoms with Gasteiger partial charge in [0.15, 0.2) is 15.8 Å². The number of rotatable bonds is 7. The minimum absolute atomic E-state index is 0.264. The van der Waals surface area contributed by atoms with Crippen molar-refractivity contribution < 1.29 is 8.42 Å². The summed E-state index contributed by atoms with van der Waals surface area (Å²) in [6, 6.07) is 8.32. The summed E-state index contributed by atoms with van der Waals surface area (Å²) in [5.74, 6) is 1.33. The summed E-state index contributed by atoms with van der Waals surface area (Å²) in [5.41, 5.74) is 2.46. The van der Waals surface area contributed by atoms with Crippen LogP contribution in [0.5, 0.6) is 0 Å². The molecule has 0 aliphatic carbocycles. The minimum Gasteiger partial charge on any atom is -0.361 e. The van der Waals surface area contributed by atoms with Crippen LogP contribution < -0.4 is 10.6 Å². The number of benzene rings is 1. The second-order valence-electron chi connectivity index (χ2n) is 6.79. The van der Waals surface area contributed by atoms with Crippen molar-refractivity contribution in [1.82, 2.24) is 20.5 Å². The fraction of sp³-hybridized carbons (Fsp3) is 0.526. The van der Waals surface area contributed by atoms with Crippen LogP contribution in [0.1, 0.15) is 12.5 Å². The first kappa shape index (κ1) is 19.7. The molecule has 8 heteroatoms. The number of hydrogen-bond acceptors (Lipinski definition) is 4. The van der Waals surface area contributed by atoms with Crippen LogP contribution in [0.3, 0.4) is 0 Å². The van der Waals surface area contributed by atoms with Gasteiger partial charge in [-0.3, -0.25) is 9.89 Å². The number of H-pyrrole nitrogens is 1. The van der Waals surface area contributed by atoms with Crippen LogP contribution in [-0.2, 0) is 16.3 Å². The summed E-state index contributed by atoms with van der Waals surface area (Å²) in [6.07, 6.45) is 2.99. The number of aliphatic imine (C=N–C) groups is 1. The van der Waals surface area contributed by atoms with Gasteiger partial charge < -0.3 is 15.6 Å². The van der Waals surface area contributed by atoms with Gasteiger partial charge in [-0.15, -0.1) is 0 Å². The zero-order chi connectivity index (χ0) is 19.1. The number of nitrogens with one attached hydrogen (secondary N) is 3. The lowest BCUT2D eigenvalue weighted by Crippen LogP contribution is -2.42. The molecular weight excluding hydrogens is 362 g/mol. The van der Waals surface area contributed by atoms with Crippen molar-refractivity contribution >= 4 is 26.7 Å². The van der Waals surface area contributed by atoms with E-state index in [1.54, 1.807) is 0 Å². The maximum atomic E-state index is 11.5. The molecule has 0 radical (unpaired) electrons. The Balaban J connectivity index is 1.46. The van der Waals surface area contributed by atoms with E-state index in [9.17, 15) is 8.42 Å². The average molecular weight is 392 g/mol. The molecule has 2 heterocycles. The Morgan fingerprint density at radius 2 is 2.00 bits per heavy atom. The lowest BCUT2D eigenvalue weighted by atomic mass is 10.1. The van der Waals surface area contributed by atoms with E-state index >= 15 is 0 Å². The highest BCUT2D eigenvalue weighted by Gasteiger charge is 2.20. The number of aromatic nitrogens is 1. The van der Waals surface area contributed by atoms with E-state index in [0.29, 0.717) is 19.6 Å². The van der Waals surface area contributed by atoms with Gasteiger partial charge in [0, 0.05) is 49.8 Å². The van der Waals surface area contributed by atoms with Crippen LogP contribution in [-0.4, -0.2) is 75.0 Å². The molecule has 1 saturated heterocycles. The normalized spacial score (nSPS) is 17.9. The Hall–Kier alpha value is -2.06. The number of sulfone groups is 1. The van der Waals surface area contributed by atoms with Gasteiger partial charge in [0.1, 0.15) is 0 Å². The standard InChI is InChI=1S/C19H29N5O2S/c1-2-20-19(22-9-10-24-11-13-27(25,26)14-12-24)21-8-7-16-15-23-18-6-4-3-5-17(16)18/h3-6,15,23H,2,7-14H2,1H3,(H2,20,21,22). The van der Waals surface area contributed by atoms with Gasteiger partial charge in [-0.05, 0) is 25.0 Å². The summed E-state index contributed by atoms with van der Waals surface area (Å²) in [5, 5.41) is 7.92. The van der Waals surface area contributed by atoms with E-state index in [-0.39, 0.29) is 11.5 Å². The Morgan fingerprint density at radius 3 is 2.78 bits per heavy atom. The van der Waals surface area contributed by atoms with Gasteiger partial charge in [-0.1, -0.05) is 18.2 Å². The van der Waals surface area contributed by atoms with Crippen LogP contribution >= 0.6 is 0 Å². The SMILES string of the molecule is CCNC(=NCCN1CCS(=O)(=O)CC1)NCCc1c[nH]c2ccccc12. The van der Waals surface area contributed by atoms with E-state index in [2.05, 4.69) is 49.9 Å². The summed E-state index contributed by atoms with van der Waals surface area (Å²) in [7, 11) is -2.82. The smallest absolute Gasteiger partial charge is 0.191 e. The predicted octanol–water partition coefficient (Wildman–Crippen LogP) is 0.996. The molecule has 3 rings (SSSR count). The summed E-state index contributed by atoms with van der Waals surface area (Å²) < 4.78 is 23.0. The molecule has 0 atom stereocenters. The van der Waals surface area contributed by atoms with E-state index in [0.717, 1.165) is 37.5 Å². The number of nitrogens with zero attached hydrogens (tertiary/aromatic N) is 2. The first-order valence-electron chi connectivity index (χ1n) is 9.57. The summed E-state index contributed by atoms with van der Waals surface area (Å²) in [6.45, 7) is 6.32. The van der Waals surface area contributed by atoms with Gasteiger partial charge in [-0.25, -0.2) is 8.42 Å². The van der Waals surface area contributed by atoms with Crippen molar-refractivity contribution in [2.75, 3.05) is 50.8 Å². The van der Waals surface area contributed by atoms with Gasteiger partial charge in [0.2, 0.25) is 0 Å². The number of hydrogen-bond donors (Lipinski definition) is 3. The molecule has 1 fully saturated rings. The van der Waals surface area contributed by atoms with E-state index < -0.39 is 9.84 Å². The molecule has 3 N–H and O–H groups in total. The summed E-state index contributed by atoms with van der Waals surface area (Å²) in [4.78, 5) is 10.1. The van der Waals surface area contributed by atoms with Crippen molar-refractivity contribution in [2.45, 2.75) is 13.3 Å². The zero-order valence-electron chi connectivity index (χ0n) is 15.9. The highest BCUT2D eigenvalue weighted by atomic mass is 32.2. The molecule has 0 saturated carbocycles. The molecule has 1 aromatic heterocycles. The lowest BCUT2D eigenvalue weighted by molar-refractivity contribution is 0.304. The van der Waals surface area contributed by atoms with Gasteiger partial charge in [-0.2, -0.15) is 0 Å². The maximum Gasteiger partial charge on any atom is 0.191 e. The van der Waals surface area contributed by atoms with Crippen LogP contribution in [0.2, 0.25) is 0 Å². The Kier molecular flexibility index (Phi) is 6.73. The molecule has 0 spiro atoms. The second kappa shape index (κ2) is 9.23. The van der Waals surface area contributed by atoms with Crippen LogP contribution in [0.4, 0.5) is 0 Å². The van der Waals surface area contributed by atoms with Crippen molar-refractivity contribution in [3.8, 4) is 0 Å². The van der Waals surface area contributed by atoms with Crippen molar-refractivity contribution in [1.29, 1.82) is 0 Å². The Morgan fingerprint density at radius 1 is 1.22 bits per heavy atom. The lowest BCUT2D eigenvalue weighted by Gasteiger charge is -2.25. The molecule has 7 nitrogen and oxygen atoms in total. The fourth-order valence-corrected chi connectivity index (χ4v) is 4.55. The quantitative estimate of drug-likeness (QED) is 0.484. The van der Waals surface area contributed by atoms with Crippen LogP contribution in [0.15, 0.2) is 35.5 Å². The zero-order valence-corrected chi connectivity index (χ0v) is 16.7. The van der Waals surface area contributed by atoms with Gasteiger partial charge in [0.25, 0.3) is 0 Å².